The Morgan fingerprint density at radius 2 is 2.44 bits per heavy atom. The Labute approximate surface area is 93.9 Å². The summed E-state index contributed by atoms with van der Waals surface area (Å²) < 4.78 is 4.56. The van der Waals surface area contributed by atoms with E-state index in [1.165, 1.54) is 0 Å². The fourth-order valence-electron chi connectivity index (χ4n) is 1.76. The Morgan fingerprint density at radius 1 is 1.56 bits per heavy atom. The number of carbonyl (C=O) groups excluding carboxylic acids is 1. The third-order valence-corrected chi connectivity index (χ3v) is 2.82. The summed E-state index contributed by atoms with van der Waals surface area (Å²) in [5.41, 5.74) is 1.42. The number of nitrogens with one attached hydrogen (secondary N) is 1. The van der Waals surface area contributed by atoms with E-state index < -0.39 is 0 Å². The van der Waals surface area contributed by atoms with E-state index in [1.54, 1.807) is 6.92 Å². The number of amides is 1. The SMILES string of the molecule is Cc1nonc1CNC(=O)[C@H]1CC=CCC1. The molecule has 5 nitrogen and oxygen atoms in total. The summed E-state index contributed by atoms with van der Waals surface area (Å²) in [6.45, 7) is 2.20. The second-order valence-electron chi connectivity index (χ2n) is 4.00. The molecule has 1 atom stereocenters. The van der Waals surface area contributed by atoms with Gasteiger partial charge in [0.25, 0.3) is 0 Å². The van der Waals surface area contributed by atoms with Crippen LogP contribution in [0.4, 0.5) is 0 Å². The summed E-state index contributed by atoms with van der Waals surface area (Å²) in [5, 5.41) is 10.2. The Bertz CT molecular complexity index is 398. The van der Waals surface area contributed by atoms with Crippen molar-refractivity contribution in [2.45, 2.75) is 32.7 Å². The molecule has 0 saturated carbocycles. The van der Waals surface area contributed by atoms with Crippen LogP contribution in [0.2, 0.25) is 0 Å². The van der Waals surface area contributed by atoms with Crippen LogP contribution in [0.1, 0.15) is 30.7 Å². The van der Waals surface area contributed by atoms with Gasteiger partial charge in [0.2, 0.25) is 5.91 Å². The molecule has 1 aromatic heterocycles. The average molecular weight is 221 g/mol. The second-order valence-corrected chi connectivity index (χ2v) is 4.00. The molecule has 0 spiro atoms. The van der Waals surface area contributed by atoms with E-state index in [-0.39, 0.29) is 11.8 Å². The maximum Gasteiger partial charge on any atom is 0.223 e. The predicted molar refractivity (Wildman–Crippen MR) is 57.4 cm³/mol. The lowest BCUT2D eigenvalue weighted by Crippen LogP contribution is -2.31. The zero-order valence-corrected chi connectivity index (χ0v) is 9.27. The van der Waals surface area contributed by atoms with E-state index in [0.29, 0.717) is 12.2 Å². The van der Waals surface area contributed by atoms with Gasteiger partial charge in [-0.05, 0) is 26.2 Å². The number of aromatic nitrogens is 2. The van der Waals surface area contributed by atoms with Gasteiger partial charge in [-0.25, -0.2) is 4.63 Å². The van der Waals surface area contributed by atoms with E-state index >= 15 is 0 Å². The van der Waals surface area contributed by atoms with Crippen LogP contribution in [0.15, 0.2) is 16.8 Å². The van der Waals surface area contributed by atoms with Gasteiger partial charge in [-0.1, -0.05) is 22.5 Å². The molecule has 0 unspecified atom stereocenters. The van der Waals surface area contributed by atoms with Gasteiger partial charge in [-0.15, -0.1) is 0 Å². The minimum Gasteiger partial charge on any atom is -0.350 e. The van der Waals surface area contributed by atoms with Crippen LogP contribution in [0, 0.1) is 12.8 Å². The lowest BCUT2D eigenvalue weighted by molar-refractivity contribution is -0.125. The van der Waals surface area contributed by atoms with Crippen LogP contribution in [0.25, 0.3) is 0 Å². The topological polar surface area (TPSA) is 68.0 Å². The highest BCUT2D eigenvalue weighted by Crippen LogP contribution is 2.18. The smallest absolute Gasteiger partial charge is 0.223 e. The molecule has 1 heterocycles. The maximum atomic E-state index is 11.8. The van der Waals surface area contributed by atoms with E-state index in [2.05, 4.69) is 32.4 Å². The molecule has 0 aliphatic heterocycles. The van der Waals surface area contributed by atoms with Crippen LogP contribution in [0.3, 0.4) is 0 Å². The van der Waals surface area contributed by atoms with Crippen LogP contribution in [-0.4, -0.2) is 16.2 Å². The minimum atomic E-state index is 0.0896. The first-order valence-corrected chi connectivity index (χ1v) is 5.48. The number of aryl methyl sites for hydroxylation is 1. The highest BCUT2D eigenvalue weighted by molar-refractivity contribution is 5.78. The molecule has 16 heavy (non-hydrogen) atoms. The summed E-state index contributed by atoms with van der Waals surface area (Å²) in [5.74, 6) is 0.192. The first kappa shape index (κ1) is 10.9. The molecule has 1 amide bonds. The Hall–Kier alpha value is -1.65. The van der Waals surface area contributed by atoms with Crippen LogP contribution >= 0.6 is 0 Å². The molecule has 0 bridgehead atoms. The van der Waals surface area contributed by atoms with Crippen molar-refractivity contribution in [1.82, 2.24) is 15.6 Å². The van der Waals surface area contributed by atoms with Gasteiger partial charge in [0, 0.05) is 5.92 Å². The first-order valence-electron chi connectivity index (χ1n) is 5.48. The van der Waals surface area contributed by atoms with Crippen LogP contribution in [0.5, 0.6) is 0 Å². The Balaban J connectivity index is 1.84. The third kappa shape index (κ3) is 2.48. The summed E-state index contributed by atoms with van der Waals surface area (Å²) in [6, 6.07) is 0. The lowest BCUT2D eigenvalue weighted by Gasteiger charge is -2.16. The van der Waals surface area contributed by atoms with Crippen molar-refractivity contribution in [1.29, 1.82) is 0 Å². The lowest BCUT2D eigenvalue weighted by atomic mass is 9.94. The number of carbonyl (C=O) groups is 1. The molecule has 2 rings (SSSR count). The van der Waals surface area contributed by atoms with Crippen LogP contribution < -0.4 is 5.32 Å². The van der Waals surface area contributed by atoms with Crippen LogP contribution in [-0.2, 0) is 11.3 Å². The molecule has 5 heteroatoms. The predicted octanol–water partition coefficient (Wildman–Crippen LogP) is 1.35. The van der Waals surface area contributed by atoms with Gasteiger partial charge in [0.15, 0.2) is 0 Å². The standard InChI is InChI=1S/C11H15N3O2/c1-8-10(14-16-13-8)7-12-11(15)9-5-3-2-4-6-9/h2-3,9H,4-7H2,1H3,(H,12,15)/t9-/m0/s1. The van der Waals surface area contributed by atoms with Gasteiger partial charge in [-0.2, -0.15) is 0 Å². The van der Waals surface area contributed by atoms with E-state index in [9.17, 15) is 4.79 Å². The van der Waals surface area contributed by atoms with Crippen molar-refractivity contribution >= 4 is 5.91 Å². The largest absolute Gasteiger partial charge is 0.350 e. The molecule has 86 valence electrons. The molecular formula is C11H15N3O2. The summed E-state index contributed by atoms with van der Waals surface area (Å²) in [6.07, 6.45) is 6.94. The van der Waals surface area contributed by atoms with Gasteiger partial charge < -0.3 is 5.32 Å². The first-order chi connectivity index (χ1) is 7.77. The van der Waals surface area contributed by atoms with Crippen molar-refractivity contribution in [3.05, 3.63) is 23.5 Å². The molecule has 0 radical (unpaired) electrons. The van der Waals surface area contributed by atoms with E-state index in [1.807, 2.05) is 0 Å². The Kier molecular flexibility index (Phi) is 3.34. The van der Waals surface area contributed by atoms with Crippen molar-refractivity contribution < 1.29 is 9.42 Å². The molecular weight excluding hydrogens is 206 g/mol. The van der Waals surface area contributed by atoms with E-state index in [4.69, 9.17) is 0 Å². The molecule has 0 saturated heterocycles. The highest BCUT2D eigenvalue weighted by atomic mass is 16.6. The number of hydrogen-bond donors (Lipinski definition) is 1. The van der Waals surface area contributed by atoms with Crippen molar-refractivity contribution in [3.63, 3.8) is 0 Å². The molecule has 1 aliphatic carbocycles. The fraction of sp³-hybridized carbons (Fsp3) is 0.545. The zero-order valence-electron chi connectivity index (χ0n) is 9.27. The van der Waals surface area contributed by atoms with Gasteiger partial charge in [0.1, 0.15) is 11.4 Å². The van der Waals surface area contributed by atoms with Crippen molar-refractivity contribution in [3.8, 4) is 0 Å². The quantitative estimate of drug-likeness (QED) is 0.782. The monoisotopic (exact) mass is 221 g/mol. The van der Waals surface area contributed by atoms with Gasteiger partial charge in [-0.3, -0.25) is 4.79 Å². The highest BCUT2D eigenvalue weighted by Gasteiger charge is 2.18. The summed E-state index contributed by atoms with van der Waals surface area (Å²) in [7, 11) is 0. The second kappa shape index (κ2) is 4.92. The number of rotatable bonds is 3. The minimum absolute atomic E-state index is 0.0896. The number of allylic oxidation sites excluding steroid dienone is 2. The average Bonchev–Trinajstić information content (AvgIpc) is 2.73. The Morgan fingerprint density at radius 3 is 3.06 bits per heavy atom. The normalized spacial score (nSPS) is 19.7. The molecule has 1 aromatic rings. The fourth-order valence-corrected chi connectivity index (χ4v) is 1.76. The zero-order chi connectivity index (χ0) is 11.4. The third-order valence-electron chi connectivity index (χ3n) is 2.82. The summed E-state index contributed by atoms with van der Waals surface area (Å²) in [4.78, 5) is 11.8. The maximum absolute atomic E-state index is 11.8. The molecule has 0 aromatic carbocycles. The van der Waals surface area contributed by atoms with Crippen molar-refractivity contribution in [2.75, 3.05) is 0 Å². The number of hydrogen-bond acceptors (Lipinski definition) is 4. The summed E-state index contributed by atoms with van der Waals surface area (Å²) >= 11 is 0. The van der Waals surface area contributed by atoms with E-state index in [0.717, 1.165) is 25.0 Å². The molecule has 0 fully saturated rings. The van der Waals surface area contributed by atoms with Gasteiger partial charge >= 0.3 is 0 Å². The molecule has 1 aliphatic rings. The molecule has 1 N–H and O–H groups in total. The van der Waals surface area contributed by atoms with Crippen molar-refractivity contribution in [2.24, 2.45) is 5.92 Å². The number of nitrogens with zero attached hydrogens (tertiary/aromatic N) is 2. The van der Waals surface area contributed by atoms with Gasteiger partial charge in [0.05, 0.1) is 6.54 Å².